The van der Waals surface area contributed by atoms with Crippen LogP contribution in [-0.4, -0.2) is 12.2 Å². The van der Waals surface area contributed by atoms with Gasteiger partial charge in [-0.3, -0.25) is 0 Å². The number of hydrogen-bond acceptors (Lipinski definition) is 2. The zero-order valence-electron chi connectivity index (χ0n) is 11.9. The van der Waals surface area contributed by atoms with Gasteiger partial charge >= 0.3 is 0 Å². The maximum Gasteiger partial charge on any atom is 0.125 e. The van der Waals surface area contributed by atoms with E-state index < -0.39 is 5.60 Å². The molecule has 100 valence electrons. The fraction of sp³-hybridized carbons (Fsp3) is 0.294. The van der Waals surface area contributed by atoms with Gasteiger partial charge in [-0.25, -0.2) is 0 Å². The Morgan fingerprint density at radius 1 is 1.00 bits per heavy atom. The highest BCUT2D eigenvalue weighted by Gasteiger charge is 2.28. The van der Waals surface area contributed by atoms with Crippen LogP contribution < -0.4 is 4.74 Å². The molecule has 2 heteroatoms. The first kappa shape index (κ1) is 13.6. The summed E-state index contributed by atoms with van der Waals surface area (Å²) in [4.78, 5) is 0. The minimum Gasteiger partial charge on any atom is -0.496 e. The molecule has 0 aliphatic heterocycles. The number of aliphatic hydroxyl groups is 1. The lowest BCUT2D eigenvalue weighted by Crippen LogP contribution is -2.23. The zero-order chi connectivity index (χ0) is 14.0. The molecule has 0 radical (unpaired) electrons. The minimum atomic E-state index is -1.06. The van der Waals surface area contributed by atoms with Gasteiger partial charge in [0.25, 0.3) is 0 Å². The fourth-order valence-corrected chi connectivity index (χ4v) is 2.25. The lowest BCUT2D eigenvalue weighted by atomic mass is 9.86. The molecule has 0 heterocycles. The number of hydrogen-bond donors (Lipinski definition) is 1. The Morgan fingerprint density at radius 3 is 2.32 bits per heavy atom. The second-order valence-corrected chi connectivity index (χ2v) is 5.07. The molecule has 0 fully saturated rings. The van der Waals surface area contributed by atoms with Gasteiger partial charge in [-0.15, -0.1) is 0 Å². The molecule has 1 unspecified atom stereocenters. The molecule has 2 nitrogen and oxygen atoms in total. The molecule has 2 aromatic carbocycles. The minimum absolute atomic E-state index is 0.700. The highest BCUT2D eigenvalue weighted by molar-refractivity contribution is 5.45. The van der Waals surface area contributed by atoms with Crippen LogP contribution in [0.15, 0.2) is 42.5 Å². The largest absolute Gasteiger partial charge is 0.496 e. The summed E-state index contributed by atoms with van der Waals surface area (Å²) < 4.78 is 5.35. The van der Waals surface area contributed by atoms with Crippen molar-refractivity contribution >= 4 is 0 Å². The quantitative estimate of drug-likeness (QED) is 0.909. The van der Waals surface area contributed by atoms with Gasteiger partial charge in [0.2, 0.25) is 0 Å². The van der Waals surface area contributed by atoms with Crippen molar-refractivity contribution in [1.29, 1.82) is 0 Å². The fourth-order valence-electron chi connectivity index (χ4n) is 2.25. The summed E-state index contributed by atoms with van der Waals surface area (Å²) in [5.41, 5.74) is 2.98. The van der Waals surface area contributed by atoms with Crippen molar-refractivity contribution in [3.8, 4) is 5.75 Å². The van der Waals surface area contributed by atoms with Crippen molar-refractivity contribution in [3.05, 3.63) is 64.7 Å². The van der Waals surface area contributed by atoms with Gasteiger partial charge in [0, 0.05) is 5.56 Å². The lowest BCUT2D eigenvalue weighted by molar-refractivity contribution is 0.0989. The summed E-state index contributed by atoms with van der Waals surface area (Å²) in [6.45, 7) is 5.92. The summed E-state index contributed by atoms with van der Waals surface area (Å²) in [6.07, 6.45) is 0. The van der Waals surface area contributed by atoms with E-state index in [0.29, 0.717) is 5.75 Å². The zero-order valence-corrected chi connectivity index (χ0v) is 11.9. The van der Waals surface area contributed by atoms with E-state index >= 15 is 0 Å². The monoisotopic (exact) mass is 256 g/mol. The summed E-state index contributed by atoms with van der Waals surface area (Å²) in [7, 11) is 1.62. The molecule has 1 N–H and O–H groups in total. The van der Waals surface area contributed by atoms with Crippen LogP contribution in [0.2, 0.25) is 0 Å². The van der Waals surface area contributed by atoms with Gasteiger partial charge in [0.1, 0.15) is 11.4 Å². The van der Waals surface area contributed by atoms with Crippen molar-refractivity contribution in [3.63, 3.8) is 0 Å². The average molecular weight is 256 g/mol. The summed E-state index contributed by atoms with van der Waals surface area (Å²) in [5.74, 6) is 0.700. The van der Waals surface area contributed by atoms with Crippen LogP contribution in [-0.2, 0) is 5.60 Å². The first-order valence-electron chi connectivity index (χ1n) is 6.40. The third-order valence-electron chi connectivity index (χ3n) is 3.70. The van der Waals surface area contributed by atoms with Gasteiger partial charge in [-0.2, -0.15) is 0 Å². The van der Waals surface area contributed by atoms with Crippen molar-refractivity contribution < 1.29 is 9.84 Å². The number of rotatable bonds is 3. The van der Waals surface area contributed by atoms with Crippen LogP contribution in [0.5, 0.6) is 5.75 Å². The van der Waals surface area contributed by atoms with Crippen molar-refractivity contribution in [2.75, 3.05) is 7.11 Å². The predicted molar refractivity (Wildman–Crippen MR) is 77.6 cm³/mol. The first-order valence-corrected chi connectivity index (χ1v) is 6.40. The average Bonchev–Trinajstić information content (AvgIpc) is 2.41. The molecular formula is C17H20O2. The molecule has 0 bridgehead atoms. The molecule has 19 heavy (non-hydrogen) atoms. The number of para-hydroxylation sites is 1. The van der Waals surface area contributed by atoms with E-state index in [1.54, 1.807) is 14.0 Å². The van der Waals surface area contributed by atoms with E-state index in [2.05, 4.69) is 13.8 Å². The topological polar surface area (TPSA) is 29.5 Å². The second-order valence-electron chi connectivity index (χ2n) is 5.07. The Morgan fingerprint density at radius 2 is 1.68 bits per heavy atom. The molecular weight excluding hydrogens is 236 g/mol. The predicted octanol–water partition coefficient (Wildman–Crippen LogP) is 3.57. The maximum atomic E-state index is 10.9. The van der Waals surface area contributed by atoms with Crippen LogP contribution in [0.3, 0.4) is 0 Å². The highest BCUT2D eigenvalue weighted by atomic mass is 16.5. The Kier molecular flexibility index (Phi) is 3.63. The lowest BCUT2D eigenvalue weighted by Gasteiger charge is -2.27. The molecule has 0 aliphatic rings. The van der Waals surface area contributed by atoms with Crippen LogP contribution in [0.25, 0.3) is 0 Å². The molecule has 0 saturated carbocycles. The first-order chi connectivity index (χ1) is 8.96. The normalized spacial score (nSPS) is 13.9. The molecule has 1 atom stereocenters. The highest BCUT2D eigenvalue weighted by Crippen LogP contribution is 2.35. The molecule has 0 saturated heterocycles. The van der Waals surface area contributed by atoms with E-state index in [-0.39, 0.29) is 0 Å². The van der Waals surface area contributed by atoms with E-state index in [0.717, 1.165) is 11.1 Å². The van der Waals surface area contributed by atoms with Crippen LogP contribution in [0.1, 0.15) is 29.2 Å². The Labute approximate surface area is 114 Å². The smallest absolute Gasteiger partial charge is 0.125 e. The molecule has 2 aromatic rings. The van der Waals surface area contributed by atoms with E-state index in [1.807, 2.05) is 42.5 Å². The van der Waals surface area contributed by atoms with Gasteiger partial charge in [0.05, 0.1) is 7.11 Å². The number of ether oxygens (including phenoxy) is 1. The summed E-state index contributed by atoms with van der Waals surface area (Å²) in [6, 6.07) is 13.6. The van der Waals surface area contributed by atoms with Gasteiger partial charge in [-0.1, -0.05) is 36.4 Å². The third kappa shape index (κ3) is 2.49. The Balaban J connectivity index is 2.54. The Bertz CT molecular complexity index is 586. The SMILES string of the molecule is COc1ccccc1C(C)(O)c1ccc(C)c(C)c1. The second kappa shape index (κ2) is 5.06. The van der Waals surface area contributed by atoms with Crippen LogP contribution in [0, 0.1) is 13.8 Å². The number of methoxy groups -OCH3 is 1. The van der Waals surface area contributed by atoms with Crippen molar-refractivity contribution in [1.82, 2.24) is 0 Å². The standard InChI is InChI=1S/C17H20O2/c1-12-9-10-14(11-13(12)2)17(3,18)15-7-5-6-8-16(15)19-4/h5-11,18H,1-4H3. The number of aryl methyl sites for hydroxylation is 2. The van der Waals surface area contributed by atoms with Gasteiger partial charge < -0.3 is 9.84 Å². The van der Waals surface area contributed by atoms with Crippen molar-refractivity contribution in [2.45, 2.75) is 26.4 Å². The Hall–Kier alpha value is -1.80. The summed E-state index contributed by atoms with van der Waals surface area (Å²) in [5, 5.41) is 10.9. The molecule has 0 amide bonds. The van der Waals surface area contributed by atoms with Crippen LogP contribution in [0.4, 0.5) is 0 Å². The van der Waals surface area contributed by atoms with Crippen LogP contribution >= 0.6 is 0 Å². The number of benzene rings is 2. The van der Waals surface area contributed by atoms with Gasteiger partial charge in [-0.05, 0) is 43.5 Å². The van der Waals surface area contributed by atoms with E-state index in [1.165, 1.54) is 11.1 Å². The van der Waals surface area contributed by atoms with Crippen molar-refractivity contribution in [2.24, 2.45) is 0 Å². The molecule has 0 aliphatic carbocycles. The summed E-state index contributed by atoms with van der Waals surface area (Å²) >= 11 is 0. The maximum absolute atomic E-state index is 10.9. The molecule has 0 aromatic heterocycles. The third-order valence-corrected chi connectivity index (χ3v) is 3.70. The van der Waals surface area contributed by atoms with E-state index in [4.69, 9.17) is 4.74 Å². The van der Waals surface area contributed by atoms with E-state index in [9.17, 15) is 5.11 Å². The molecule has 2 rings (SSSR count). The van der Waals surface area contributed by atoms with Gasteiger partial charge in [0.15, 0.2) is 0 Å². The molecule has 0 spiro atoms.